The van der Waals surface area contributed by atoms with Crippen molar-refractivity contribution in [1.29, 1.82) is 0 Å². The van der Waals surface area contributed by atoms with Crippen molar-refractivity contribution in [2.45, 2.75) is 51.6 Å². The number of piperidine rings is 1. The van der Waals surface area contributed by atoms with Gasteiger partial charge in [0, 0.05) is 37.3 Å². The molecule has 0 bridgehead atoms. The third-order valence-electron chi connectivity index (χ3n) is 5.46. The highest BCUT2D eigenvalue weighted by atomic mass is 16.2. The van der Waals surface area contributed by atoms with Gasteiger partial charge in [0.25, 0.3) is 5.91 Å². The van der Waals surface area contributed by atoms with E-state index in [9.17, 15) is 9.59 Å². The molecule has 1 unspecified atom stereocenters. The summed E-state index contributed by atoms with van der Waals surface area (Å²) in [4.78, 5) is 29.0. The van der Waals surface area contributed by atoms with Crippen LogP contribution in [0.4, 0.5) is 4.79 Å². The van der Waals surface area contributed by atoms with Crippen LogP contribution in [0.5, 0.6) is 0 Å². The van der Waals surface area contributed by atoms with Crippen LogP contribution in [0.3, 0.4) is 0 Å². The molecule has 2 saturated heterocycles. The summed E-state index contributed by atoms with van der Waals surface area (Å²) in [5.74, 6) is 0.586. The number of nitrogens with zero attached hydrogens (tertiary/aromatic N) is 2. The highest BCUT2D eigenvalue weighted by Crippen LogP contribution is 2.24. The molecule has 5 nitrogen and oxygen atoms in total. The summed E-state index contributed by atoms with van der Waals surface area (Å²) in [6.45, 7) is 6.63. The predicted octanol–water partition coefficient (Wildman–Crippen LogP) is 3.12. The minimum absolute atomic E-state index is 0.0732. The van der Waals surface area contributed by atoms with Crippen LogP contribution < -0.4 is 5.32 Å². The van der Waals surface area contributed by atoms with Crippen LogP contribution in [0.25, 0.3) is 0 Å². The second-order valence-corrected chi connectivity index (χ2v) is 7.53. The number of benzene rings is 1. The Morgan fingerprint density at radius 3 is 2.36 bits per heavy atom. The Labute approximate surface area is 150 Å². The van der Waals surface area contributed by atoms with Crippen molar-refractivity contribution in [3.05, 3.63) is 35.9 Å². The van der Waals surface area contributed by atoms with Gasteiger partial charge in [0.15, 0.2) is 0 Å². The summed E-state index contributed by atoms with van der Waals surface area (Å²) < 4.78 is 0. The average molecular weight is 343 g/mol. The van der Waals surface area contributed by atoms with Gasteiger partial charge in [-0.05, 0) is 43.7 Å². The van der Waals surface area contributed by atoms with Crippen molar-refractivity contribution in [3.63, 3.8) is 0 Å². The minimum Gasteiger partial charge on any atom is -0.338 e. The number of nitrogens with one attached hydrogen (secondary N) is 1. The quantitative estimate of drug-likeness (QED) is 0.917. The van der Waals surface area contributed by atoms with Crippen molar-refractivity contribution in [2.24, 2.45) is 5.92 Å². The van der Waals surface area contributed by atoms with Gasteiger partial charge in [0.2, 0.25) is 0 Å². The van der Waals surface area contributed by atoms with Crippen molar-refractivity contribution < 1.29 is 9.59 Å². The molecule has 0 saturated carbocycles. The number of carbonyl (C=O) groups is 2. The van der Waals surface area contributed by atoms with Crippen molar-refractivity contribution in [2.75, 3.05) is 19.6 Å². The summed E-state index contributed by atoms with van der Waals surface area (Å²) in [5, 5.41) is 3.19. The molecule has 2 heterocycles. The zero-order valence-corrected chi connectivity index (χ0v) is 15.3. The van der Waals surface area contributed by atoms with Gasteiger partial charge in [-0.25, -0.2) is 4.79 Å². The molecule has 1 aromatic carbocycles. The van der Waals surface area contributed by atoms with Crippen LogP contribution >= 0.6 is 0 Å². The summed E-state index contributed by atoms with van der Waals surface area (Å²) >= 11 is 0. The molecule has 0 spiro atoms. The molecule has 3 amide bonds. The molecule has 0 aliphatic carbocycles. The summed E-state index contributed by atoms with van der Waals surface area (Å²) in [6.07, 6.45) is 3.85. The van der Waals surface area contributed by atoms with Gasteiger partial charge < -0.3 is 15.1 Å². The fourth-order valence-electron chi connectivity index (χ4n) is 3.99. The molecular weight excluding hydrogens is 314 g/mol. The molecule has 0 aromatic heterocycles. The zero-order chi connectivity index (χ0) is 17.8. The normalized spacial score (nSPS) is 21.6. The average Bonchev–Trinajstić information content (AvgIpc) is 3.13. The molecule has 136 valence electrons. The van der Waals surface area contributed by atoms with Crippen molar-refractivity contribution in [3.8, 4) is 0 Å². The fraction of sp³-hybridized carbons (Fsp3) is 0.600. The summed E-state index contributed by atoms with van der Waals surface area (Å²) in [6, 6.07) is 10.0. The third-order valence-corrected chi connectivity index (χ3v) is 5.46. The first-order valence-electron chi connectivity index (χ1n) is 9.47. The first-order valence-corrected chi connectivity index (χ1v) is 9.47. The van der Waals surface area contributed by atoms with Gasteiger partial charge in [-0.15, -0.1) is 0 Å². The van der Waals surface area contributed by atoms with E-state index in [0.717, 1.165) is 37.8 Å². The van der Waals surface area contributed by atoms with Gasteiger partial charge in [-0.3, -0.25) is 4.79 Å². The van der Waals surface area contributed by atoms with E-state index in [0.29, 0.717) is 25.0 Å². The van der Waals surface area contributed by atoms with Gasteiger partial charge in [-0.1, -0.05) is 32.0 Å². The van der Waals surface area contributed by atoms with Gasteiger partial charge in [-0.2, -0.15) is 0 Å². The highest BCUT2D eigenvalue weighted by Gasteiger charge is 2.32. The lowest BCUT2D eigenvalue weighted by Gasteiger charge is -2.35. The van der Waals surface area contributed by atoms with Gasteiger partial charge in [0.1, 0.15) is 0 Å². The first kappa shape index (κ1) is 17.8. The number of hydrogen-bond acceptors (Lipinski definition) is 2. The monoisotopic (exact) mass is 343 g/mol. The number of carbonyl (C=O) groups excluding carboxylic acids is 2. The van der Waals surface area contributed by atoms with Crippen LogP contribution in [0.15, 0.2) is 30.3 Å². The Morgan fingerprint density at radius 1 is 1.04 bits per heavy atom. The van der Waals surface area contributed by atoms with Gasteiger partial charge >= 0.3 is 6.03 Å². The number of rotatable bonds is 3. The van der Waals surface area contributed by atoms with E-state index < -0.39 is 0 Å². The van der Waals surface area contributed by atoms with Crippen molar-refractivity contribution in [1.82, 2.24) is 15.1 Å². The van der Waals surface area contributed by atoms with Crippen LogP contribution in [0, 0.1) is 5.92 Å². The molecule has 0 radical (unpaired) electrons. The molecule has 5 heteroatoms. The summed E-state index contributed by atoms with van der Waals surface area (Å²) in [5.41, 5.74) is 0.738. The zero-order valence-electron chi connectivity index (χ0n) is 15.3. The van der Waals surface area contributed by atoms with E-state index in [1.165, 1.54) is 0 Å². The Morgan fingerprint density at radius 2 is 1.72 bits per heavy atom. The first-order chi connectivity index (χ1) is 12.1. The fourth-order valence-corrected chi connectivity index (χ4v) is 3.99. The van der Waals surface area contributed by atoms with E-state index >= 15 is 0 Å². The second kappa shape index (κ2) is 7.89. The van der Waals surface area contributed by atoms with Crippen LogP contribution in [0.1, 0.15) is 49.9 Å². The molecule has 1 aromatic rings. The lowest BCUT2D eigenvalue weighted by Crippen LogP contribution is -2.51. The molecule has 1 atom stereocenters. The lowest BCUT2D eigenvalue weighted by atomic mass is 10.0. The highest BCUT2D eigenvalue weighted by molar-refractivity contribution is 5.94. The smallest absolute Gasteiger partial charge is 0.317 e. The topological polar surface area (TPSA) is 52.7 Å². The molecule has 2 fully saturated rings. The number of likely N-dealkylation sites (tertiary alicyclic amines) is 2. The standard InChI is InChI=1S/C20H29N3O2/c1-15(2)18-9-6-12-23(18)20(25)21-17-10-13-22(14-11-17)19(24)16-7-4-3-5-8-16/h3-5,7-8,15,17-18H,6,9-14H2,1-2H3,(H,21,25). The maximum atomic E-state index is 12.6. The van der Waals surface area contributed by atoms with E-state index in [2.05, 4.69) is 19.2 Å². The summed E-state index contributed by atoms with van der Waals surface area (Å²) in [7, 11) is 0. The largest absolute Gasteiger partial charge is 0.338 e. The van der Waals surface area contributed by atoms with E-state index in [1.807, 2.05) is 40.1 Å². The lowest BCUT2D eigenvalue weighted by molar-refractivity contribution is 0.0705. The number of hydrogen-bond donors (Lipinski definition) is 1. The van der Waals surface area contributed by atoms with Gasteiger partial charge in [0.05, 0.1) is 0 Å². The molecular formula is C20H29N3O2. The van der Waals surface area contributed by atoms with Crippen LogP contribution in [-0.2, 0) is 0 Å². The van der Waals surface area contributed by atoms with E-state index in [4.69, 9.17) is 0 Å². The predicted molar refractivity (Wildman–Crippen MR) is 98.5 cm³/mol. The maximum Gasteiger partial charge on any atom is 0.317 e. The molecule has 1 N–H and O–H groups in total. The maximum absolute atomic E-state index is 12.6. The molecule has 2 aliphatic rings. The van der Waals surface area contributed by atoms with E-state index in [1.54, 1.807) is 0 Å². The number of urea groups is 1. The minimum atomic E-state index is 0.0732. The second-order valence-electron chi connectivity index (χ2n) is 7.53. The molecule has 2 aliphatic heterocycles. The van der Waals surface area contributed by atoms with Crippen molar-refractivity contribution >= 4 is 11.9 Å². The van der Waals surface area contributed by atoms with E-state index in [-0.39, 0.29) is 18.0 Å². The SMILES string of the molecule is CC(C)C1CCCN1C(=O)NC1CCN(C(=O)c2ccccc2)CC1. The Bertz CT molecular complexity index is 594. The molecule has 25 heavy (non-hydrogen) atoms. The van der Waals surface area contributed by atoms with Crippen LogP contribution in [-0.4, -0.2) is 53.5 Å². The Hall–Kier alpha value is -2.04. The Balaban J connectivity index is 1.49. The third kappa shape index (κ3) is 4.14. The van der Waals surface area contributed by atoms with Crippen LogP contribution in [0.2, 0.25) is 0 Å². The number of amides is 3. The molecule has 3 rings (SSSR count). The Kier molecular flexibility index (Phi) is 5.61.